The maximum absolute atomic E-state index is 13.0. The Balaban J connectivity index is 0.000000273. The molecule has 1 aromatic carbocycles. The summed E-state index contributed by atoms with van der Waals surface area (Å²) >= 11 is 0. The van der Waals surface area contributed by atoms with Crippen molar-refractivity contribution in [2.45, 2.75) is 45.3 Å². The van der Waals surface area contributed by atoms with Crippen molar-refractivity contribution in [2.75, 3.05) is 13.2 Å². The molecule has 1 saturated heterocycles. The molecule has 0 spiro atoms. The molecule has 0 saturated carbocycles. The third-order valence-electron chi connectivity index (χ3n) is 5.16. The first kappa shape index (κ1) is 21.1. The molecule has 2 heterocycles. The van der Waals surface area contributed by atoms with Gasteiger partial charge in [0.2, 0.25) is 6.41 Å². The lowest BCUT2D eigenvalue weighted by Crippen LogP contribution is -2.33. The van der Waals surface area contributed by atoms with E-state index in [9.17, 15) is 9.18 Å². The molecule has 146 valence electrons. The fourth-order valence-corrected chi connectivity index (χ4v) is 3.48. The van der Waals surface area contributed by atoms with Gasteiger partial charge in [-0.25, -0.2) is 4.39 Å². The van der Waals surface area contributed by atoms with Crippen LogP contribution in [0.4, 0.5) is 4.39 Å². The lowest BCUT2D eigenvalue weighted by molar-refractivity contribution is -0.119. The van der Waals surface area contributed by atoms with Crippen LogP contribution < -0.4 is 0 Å². The summed E-state index contributed by atoms with van der Waals surface area (Å²) in [5.41, 5.74) is 2.92. The quantitative estimate of drug-likeness (QED) is 0.679. The van der Waals surface area contributed by atoms with E-state index in [0.29, 0.717) is 12.6 Å². The molecular weight excluding hydrogens is 341 g/mol. The summed E-state index contributed by atoms with van der Waals surface area (Å²) in [6, 6.07) is 6.00. The highest BCUT2D eigenvalue weighted by molar-refractivity contribution is 5.55. The lowest BCUT2D eigenvalue weighted by Gasteiger charge is -2.35. The van der Waals surface area contributed by atoms with E-state index in [1.807, 2.05) is 0 Å². The van der Waals surface area contributed by atoms with Gasteiger partial charge in [-0.2, -0.15) is 0 Å². The number of carbonyl (C=O) groups excluding carboxylic acids is 1. The number of rotatable bonds is 4. The van der Waals surface area contributed by atoms with Gasteiger partial charge >= 0.3 is 0 Å². The van der Waals surface area contributed by atoms with E-state index in [1.165, 1.54) is 25.0 Å². The number of hydrogen-bond acceptors (Lipinski definition) is 2. The van der Waals surface area contributed by atoms with Crippen LogP contribution in [0.5, 0.6) is 0 Å². The van der Waals surface area contributed by atoms with Crippen molar-refractivity contribution in [3.05, 3.63) is 72.1 Å². The maximum Gasteiger partial charge on any atom is 0.210 e. The summed E-state index contributed by atoms with van der Waals surface area (Å²) in [4.78, 5) is 12.9. The topological polar surface area (TPSA) is 29.5 Å². The molecule has 0 aliphatic carbocycles. The predicted molar refractivity (Wildman–Crippen MR) is 108 cm³/mol. The standard InChI is InChI=1S/C16H16FNO.C7H14O/c1-3-12-9-10-18(11-19)16(15(12)4-2)13-5-7-14(17)8-6-13;1-6-3-4-7(2)8-5-6/h3-8,11,16H,1-2,9-10H2;6-7H,3-5H2,1-2H3/t16-;6?,7-/m00/s1. The molecule has 0 radical (unpaired) electrons. The Morgan fingerprint density at radius 3 is 2.33 bits per heavy atom. The van der Waals surface area contributed by atoms with Crippen molar-refractivity contribution in [2.24, 2.45) is 5.92 Å². The van der Waals surface area contributed by atoms with Crippen molar-refractivity contribution >= 4 is 6.41 Å². The van der Waals surface area contributed by atoms with E-state index in [-0.39, 0.29) is 11.9 Å². The number of allylic oxidation sites excluding steroid dienone is 1. The van der Waals surface area contributed by atoms with Gasteiger partial charge in [0.25, 0.3) is 0 Å². The van der Waals surface area contributed by atoms with Crippen LogP contribution >= 0.6 is 0 Å². The molecule has 1 unspecified atom stereocenters. The number of benzene rings is 1. The Bertz CT molecular complexity index is 662. The Morgan fingerprint density at radius 1 is 1.15 bits per heavy atom. The van der Waals surface area contributed by atoms with Gasteiger partial charge in [0.1, 0.15) is 5.82 Å². The summed E-state index contributed by atoms with van der Waals surface area (Å²) in [6.07, 6.45) is 8.27. The van der Waals surface area contributed by atoms with Gasteiger partial charge in [0.05, 0.1) is 12.1 Å². The average molecular weight is 371 g/mol. The lowest BCUT2D eigenvalue weighted by atomic mass is 9.88. The zero-order valence-electron chi connectivity index (χ0n) is 16.4. The summed E-state index contributed by atoms with van der Waals surface area (Å²) in [6.45, 7) is 13.6. The van der Waals surface area contributed by atoms with Crippen molar-refractivity contribution in [1.29, 1.82) is 0 Å². The molecule has 3 rings (SSSR count). The van der Waals surface area contributed by atoms with Crippen LogP contribution in [-0.4, -0.2) is 30.6 Å². The second kappa shape index (κ2) is 10.2. The van der Waals surface area contributed by atoms with Gasteiger partial charge in [-0.15, -0.1) is 0 Å². The van der Waals surface area contributed by atoms with Crippen LogP contribution in [0.2, 0.25) is 0 Å². The number of carbonyl (C=O) groups is 1. The minimum absolute atomic E-state index is 0.211. The molecular formula is C23H30FNO2. The minimum atomic E-state index is -0.287. The number of hydrogen-bond donors (Lipinski definition) is 0. The molecule has 1 fully saturated rings. The smallest absolute Gasteiger partial charge is 0.210 e. The van der Waals surface area contributed by atoms with Crippen LogP contribution in [0.15, 0.2) is 60.7 Å². The number of amides is 1. The molecule has 3 nitrogen and oxygen atoms in total. The van der Waals surface area contributed by atoms with Crippen molar-refractivity contribution < 1.29 is 13.9 Å². The van der Waals surface area contributed by atoms with Crippen LogP contribution in [-0.2, 0) is 9.53 Å². The van der Waals surface area contributed by atoms with E-state index in [0.717, 1.165) is 42.1 Å². The van der Waals surface area contributed by atoms with Crippen molar-refractivity contribution in [1.82, 2.24) is 4.90 Å². The largest absolute Gasteiger partial charge is 0.378 e. The zero-order valence-corrected chi connectivity index (χ0v) is 16.4. The third kappa shape index (κ3) is 5.64. The van der Waals surface area contributed by atoms with Gasteiger partial charge < -0.3 is 9.64 Å². The van der Waals surface area contributed by atoms with E-state index in [1.54, 1.807) is 29.2 Å². The first-order valence-corrected chi connectivity index (χ1v) is 9.56. The number of nitrogens with zero attached hydrogens (tertiary/aromatic N) is 1. The highest BCUT2D eigenvalue weighted by Gasteiger charge is 2.27. The minimum Gasteiger partial charge on any atom is -0.378 e. The Hall–Kier alpha value is -2.20. The van der Waals surface area contributed by atoms with Crippen LogP contribution in [0.1, 0.15) is 44.7 Å². The van der Waals surface area contributed by atoms with E-state index >= 15 is 0 Å². The summed E-state index contributed by atoms with van der Waals surface area (Å²) in [5.74, 6) is 0.511. The molecule has 4 heteroatoms. The molecule has 2 aliphatic rings. The van der Waals surface area contributed by atoms with Gasteiger partial charge in [0.15, 0.2) is 0 Å². The molecule has 0 bridgehead atoms. The number of ether oxygens (including phenoxy) is 1. The summed E-state index contributed by atoms with van der Waals surface area (Å²) in [5, 5.41) is 0. The van der Waals surface area contributed by atoms with E-state index < -0.39 is 0 Å². The van der Waals surface area contributed by atoms with Gasteiger partial charge in [0, 0.05) is 13.2 Å². The Labute approximate surface area is 162 Å². The van der Waals surface area contributed by atoms with Gasteiger partial charge in [-0.05, 0) is 60.9 Å². The average Bonchev–Trinajstić information content (AvgIpc) is 2.70. The Kier molecular flexibility index (Phi) is 7.99. The zero-order chi connectivity index (χ0) is 19.8. The van der Waals surface area contributed by atoms with Gasteiger partial charge in [-0.3, -0.25) is 4.79 Å². The highest BCUT2D eigenvalue weighted by atomic mass is 19.1. The molecule has 0 aromatic heterocycles. The summed E-state index contributed by atoms with van der Waals surface area (Å²) < 4.78 is 18.4. The van der Waals surface area contributed by atoms with Crippen molar-refractivity contribution in [3.8, 4) is 0 Å². The SMILES string of the molecule is C=CC1=C(C=C)[C@H](c2ccc(F)cc2)N(C=O)CC1.CC1CC[C@H](C)OC1. The van der Waals surface area contributed by atoms with Crippen LogP contribution in [0, 0.1) is 11.7 Å². The molecule has 27 heavy (non-hydrogen) atoms. The highest BCUT2D eigenvalue weighted by Crippen LogP contribution is 2.35. The predicted octanol–water partition coefficient (Wildman–Crippen LogP) is 5.22. The second-order valence-corrected chi connectivity index (χ2v) is 7.26. The summed E-state index contributed by atoms with van der Waals surface area (Å²) in [7, 11) is 0. The molecule has 0 N–H and O–H groups in total. The Morgan fingerprint density at radius 2 is 1.85 bits per heavy atom. The number of halogens is 1. The first-order valence-electron chi connectivity index (χ1n) is 9.56. The van der Waals surface area contributed by atoms with Crippen molar-refractivity contribution in [3.63, 3.8) is 0 Å². The van der Waals surface area contributed by atoms with Crippen LogP contribution in [0.25, 0.3) is 0 Å². The van der Waals surface area contributed by atoms with Gasteiger partial charge in [-0.1, -0.05) is 44.4 Å². The fourth-order valence-electron chi connectivity index (χ4n) is 3.48. The molecule has 3 atom stereocenters. The van der Waals surface area contributed by atoms with Crippen LogP contribution in [0.3, 0.4) is 0 Å². The molecule has 1 amide bonds. The fraction of sp³-hybridized carbons (Fsp3) is 0.435. The monoisotopic (exact) mass is 371 g/mol. The molecule has 1 aromatic rings. The molecule has 2 aliphatic heterocycles. The normalized spacial score (nSPS) is 25.3. The first-order chi connectivity index (χ1) is 13.0. The third-order valence-corrected chi connectivity index (χ3v) is 5.16. The van der Waals surface area contributed by atoms with E-state index in [4.69, 9.17) is 4.74 Å². The van der Waals surface area contributed by atoms with E-state index in [2.05, 4.69) is 27.0 Å². The second-order valence-electron chi connectivity index (χ2n) is 7.26. The maximum atomic E-state index is 13.0.